The predicted octanol–water partition coefficient (Wildman–Crippen LogP) is 2.58. The number of hydrogen-bond donors (Lipinski definition) is 2. The second-order valence-corrected chi connectivity index (χ2v) is 4.95. The van der Waals surface area contributed by atoms with Crippen molar-refractivity contribution in [2.45, 2.75) is 26.8 Å². The van der Waals surface area contributed by atoms with Crippen molar-refractivity contribution in [2.75, 3.05) is 5.32 Å². The first-order valence-electron chi connectivity index (χ1n) is 5.84. The highest BCUT2D eigenvalue weighted by Crippen LogP contribution is 2.19. The van der Waals surface area contributed by atoms with Gasteiger partial charge in [0, 0.05) is 12.6 Å². The molecule has 1 aromatic carbocycles. The molecule has 0 saturated carbocycles. The average molecular weight is 287 g/mol. The molecule has 1 aromatic rings. The van der Waals surface area contributed by atoms with E-state index in [1.807, 2.05) is 13.8 Å². The van der Waals surface area contributed by atoms with Gasteiger partial charge in [-0.3, -0.25) is 9.59 Å². The molecular weight excluding hydrogens is 271 g/mol. The first-order chi connectivity index (χ1) is 8.81. The van der Waals surface area contributed by atoms with Crippen molar-refractivity contribution in [3.8, 4) is 0 Å². The van der Waals surface area contributed by atoms with Gasteiger partial charge in [-0.25, -0.2) is 4.39 Å². The van der Waals surface area contributed by atoms with Crippen molar-refractivity contribution in [1.82, 2.24) is 5.32 Å². The van der Waals surface area contributed by atoms with Crippen LogP contribution in [0.1, 0.15) is 20.8 Å². The van der Waals surface area contributed by atoms with E-state index >= 15 is 0 Å². The van der Waals surface area contributed by atoms with Crippen LogP contribution in [0.25, 0.3) is 0 Å². The molecule has 1 rings (SSSR count). The van der Waals surface area contributed by atoms with Gasteiger partial charge in [-0.15, -0.1) is 0 Å². The summed E-state index contributed by atoms with van der Waals surface area (Å²) >= 11 is 5.63. The number of hydrogen-bond acceptors (Lipinski definition) is 2. The summed E-state index contributed by atoms with van der Waals surface area (Å²) in [5.41, 5.74) is 0.382. The number of benzene rings is 1. The van der Waals surface area contributed by atoms with Gasteiger partial charge < -0.3 is 10.6 Å². The van der Waals surface area contributed by atoms with Gasteiger partial charge in [-0.05, 0) is 24.1 Å². The number of rotatable bonds is 4. The normalized spacial score (nSPS) is 12.1. The molecule has 6 heteroatoms. The molecule has 0 spiro atoms. The first kappa shape index (κ1) is 15.4. The summed E-state index contributed by atoms with van der Waals surface area (Å²) in [6.07, 6.45) is 0. The Bertz CT molecular complexity index is 492. The Morgan fingerprint density at radius 1 is 1.32 bits per heavy atom. The van der Waals surface area contributed by atoms with Crippen LogP contribution in [0, 0.1) is 11.7 Å². The van der Waals surface area contributed by atoms with Gasteiger partial charge in [0.05, 0.1) is 5.02 Å². The van der Waals surface area contributed by atoms with Gasteiger partial charge in [0.15, 0.2) is 0 Å². The fraction of sp³-hybridized carbons (Fsp3) is 0.385. The molecule has 4 nitrogen and oxygen atoms in total. The molecule has 0 aliphatic rings. The molecule has 0 fully saturated rings. The van der Waals surface area contributed by atoms with Crippen molar-refractivity contribution < 1.29 is 14.0 Å². The maximum Gasteiger partial charge on any atom is 0.247 e. The zero-order valence-electron chi connectivity index (χ0n) is 11.0. The monoisotopic (exact) mass is 286 g/mol. The Labute approximate surface area is 116 Å². The Hall–Kier alpha value is -1.62. The third-order valence-corrected chi connectivity index (χ3v) is 2.78. The summed E-state index contributed by atoms with van der Waals surface area (Å²) in [4.78, 5) is 23.1. The first-order valence-corrected chi connectivity index (χ1v) is 6.22. The summed E-state index contributed by atoms with van der Waals surface area (Å²) in [5.74, 6) is -1.28. The van der Waals surface area contributed by atoms with Crippen LogP contribution in [0.5, 0.6) is 0 Å². The Balaban J connectivity index is 2.81. The van der Waals surface area contributed by atoms with Crippen LogP contribution in [-0.4, -0.2) is 17.9 Å². The molecule has 0 unspecified atom stereocenters. The highest BCUT2D eigenvalue weighted by Gasteiger charge is 2.23. The van der Waals surface area contributed by atoms with Gasteiger partial charge >= 0.3 is 0 Å². The van der Waals surface area contributed by atoms with Gasteiger partial charge in [0.2, 0.25) is 11.8 Å². The lowest BCUT2D eigenvalue weighted by molar-refractivity contribution is -0.126. The molecule has 0 bridgehead atoms. The van der Waals surface area contributed by atoms with E-state index in [2.05, 4.69) is 10.6 Å². The van der Waals surface area contributed by atoms with Crippen LogP contribution >= 0.6 is 11.6 Å². The molecule has 0 heterocycles. The number of amides is 2. The van der Waals surface area contributed by atoms with E-state index in [4.69, 9.17) is 11.6 Å². The minimum atomic E-state index is -0.652. The van der Waals surface area contributed by atoms with Crippen molar-refractivity contribution >= 4 is 29.1 Å². The fourth-order valence-electron chi connectivity index (χ4n) is 1.55. The molecule has 0 aromatic heterocycles. The lowest BCUT2D eigenvalue weighted by Crippen LogP contribution is -2.46. The number of carbonyl (C=O) groups is 2. The van der Waals surface area contributed by atoms with E-state index in [1.165, 1.54) is 25.1 Å². The van der Waals surface area contributed by atoms with E-state index < -0.39 is 11.9 Å². The van der Waals surface area contributed by atoms with Crippen LogP contribution < -0.4 is 10.6 Å². The number of nitrogens with one attached hydrogen (secondary N) is 2. The van der Waals surface area contributed by atoms with E-state index in [0.717, 1.165) is 0 Å². The van der Waals surface area contributed by atoms with Gasteiger partial charge in [-0.2, -0.15) is 0 Å². The maximum absolute atomic E-state index is 13.0. The molecule has 0 aliphatic carbocycles. The molecule has 0 saturated heterocycles. The van der Waals surface area contributed by atoms with Crippen LogP contribution in [0.2, 0.25) is 5.02 Å². The van der Waals surface area contributed by atoms with Gasteiger partial charge in [0.1, 0.15) is 11.9 Å². The van der Waals surface area contributed by atoms with Gasteiger partial charge in [-0.1, -0.05) is 25.4 Å². The highest BCUT2D eigenvalue weighted by molar-refractivity contribution is 6.31. The average Bonchev–Trinajstić information content (AvgIpc) is 2.30. The lowest BCUT2D eigenvalue weighted by atomic mass is 10.0. The van der Waals surface area contributed by atoms with Crippen LogP contribution in [0.15, 0.2) is 18.2 Å². The van der Waals surface area contributed by atoms with E-state index in [1.54, 1.807) is 0 Å². The lowest BCUT2D eigenvalue weighted by Gasteiger charge is -2.21. The fourth-order valence-corrected chi connectivity index (χ4v) is 1.73. The van der Waals surface area contributed by atoms with Crippen molar-refractivity contribution in [3.05, 3.63) is 29.0 Å². The topological polar surface area (TPSA) is 58.2 Å². The smallest absolute Gasteiger partial charge is 0.247 e. The third kappa shape index (κ3) is 4.52. The number of anilines is 1. The van der Waals surface area contributed by atoms with Gasteiger partial charge in [0.25, 0.3) is 0 Å². The zero-order chi connectivity index (χ0) is 14.6. The summed E-state index contributed by atoms with van der Waals surface area (Å²) in [6.45, 7) is 4.98. The summed E-state index contributed by atoms with van der Waals surface area (Å²) < 4.78 is 13.0. The Kier molecular flexibility index (Phi) is 5.30. The minimum Gasteiger partial charge on any atom is -0.344 e. The summed E-state index contributed by atoms with van der Waals surface area (Å²) in [5, 5.41) is 5.09. The molecule has 104 valence electrons. The maximum atomic E-state index is 13.0. The summed E-state index contributed by atoms with van der Waals surface area (Å²) in [6, 6.07) is 3.24. The molecular formula is C13H16ClFN2O2. The third-order valence-electron chi connectivity index (χ3n) is 2.50. The summed E-state index contributed by atoms with van der Waals surface area (Å²) in [7, 11) is 0. The van der Waals surface area contributed by atoms with Crippen LogP contribution in [0.4, 0.5) is 10.1 Å². The molecule has 1 atom stereocenters. The molecule has 2 amide bonds. The minimum absolute atomic E-state index is 0.0696. The Morgan fingerprint density at radius 2 is 1.95 bits per heavy atom. The Morgan fingerprint density at radius 3 is 2.42 bits per heavy atom. The molecule has 2 N–H and O–H groups in total. The zero-order valence-corrected chi connectivity index (χ0v) is 11.7. The predicted molar refractivity (Wildman–Crippen MR) is 72.5 cm³/mol. The largest absolute Gasteiger partial charge is 0.344 e. The van der Waals surface area contributed by atoms with Crippen molar-refractivity contribution in [3.63, 3.8) is 0 Å². The van der Waals surface area contributed by atoms with Crippen molar-refractivity contribution in [2.24, 2.45) is 5.92 Å². The number of halogens is 2. The number of carbonyl (C=O) groups excluding carboxylic acids is 2. The van der Waals surface area contributed by atoms with Crippen LogP contribution in [-0.2, 0) is 9.59 Å². The van der Waals surface area contributed by atoms with E-state index in [9.17, 15) is 14.0 Å². The second kappa shape index (κ2) is 6.52. The second-order valence-electron chi connectivity index (χ2n) is 4.54. The standard InChI is InChI=1S/C13H16ClFN2O2/c1-7(2)12(16-8(3)18)13(19)17-9-4-5-11(15)10(14)6-9/h4-7,12H,1-3H3,(H,16,18)(H,17,19)/t12-/m0/s1. The molecule has 0 radical (unpaired) electrons. The van der Waals surface area contributed by atoms with Crippen molar-refractivity contribution in [1.29, 1.82) is 0 Å². The van der Waals surface area contributed by atoms with Crippen LogP contribution in [0.3, 0.4) is 0 Å². The van der Waals surface area contributed by atoms with E-state index in [0.29, 0.717) is 5.69 Å². The molecule has 0 aliphatic heterocycles. The van der Waals surface area contributed by atoms with E-state index in [-0.39, 0.29) is 22.8 Å². The molecule has 19 heavy (non-hydrogen) atoms. The SMILES string of the molecule is CC(=O)N[C@H](C(=O)Nc1ccc(F)c(Cl)c1)C(C)C. The highest BCUT2D eigenvalue weighted by atomic mass is 35.5. The quantitative estimate of drug-likeness (QED) is 0.894.